The normalized spacial score (nSPS) is 10.8. The summed E-state index contributed by atoms with van der Waals surface area (Å²) in [7, 11) is 0. The van der Waals surface area contributed by atoms with Gasteiger partial charge in [0.05, 0.1) is 72.7 Å². The molecule has 0 aliphatic carbocycles. The van der Waals surface area contributed by atoms with Crippen LogP contribution in [0.4, 0.5) is 0 Å². The van der Waals surface area contributed by atoms with Crippen molar-refractivity contribution in [2.24, 2.45) is 0 Å². The fraction of sp³-hybridized carbons (Fsp3) is 0.222. The number of H-pyrrole nitrogens is 6. The van der Waals surface area contributed by atoms with Gasteiger partial charge < -0.3 is 58.3 Å². The lowest BCUT2D eigenvalue weighted by atomic mass is 10.2. The second-order valence-corrected chi connectivity index (χ2v) is 15.6. The number of benzene rings is 6. The number of aromatic amines is 6. The van der Waals surface area contributed by atoms with Crippen LogP contribution in [0.3, 0.4) is 0 Å². The van der Waals surface area contributed by atoms with E-state index in [9.17, 15) is 28.8 Å². The van der Waals surface area contributed by atoms with Gasteiger partial charge in [-0.3, -0.25) is 28.8 Å². The minimum Gasteiger partial charge on any atom is -0.490 e. The van der Waals surface area contributed by atoms with E-state index in [0.717, 1.165) is 0 Å². The van der Waals surface area contributed by atoms with Gasteiger partial charge in [0.2, 0.25) is 32.6 Å². The van der Waals surface area contributed by atoms with Gasteiger partial charge in [-0.1, -0.05) is 0 Å². The van der Waals surface area contributed by atoms with Crippen LogP contribution >= 0.6 is 0 Å². The summed E-state index contributed by atoms with van der Waals surface area (Å²) >= 11 is 0. The van der Waals surface area contributed by atoms with Gasteiger partial charge in [-0.15, -0.1) is 0 Å². The predicted octanol–water partition coefficient (Wildman–Crippen LogP) is 8.19. The Bertz CT molecular complexity index is 3260. The average molecular weight is 979 g/mol. The highest BCUT2D eigenvalue weighted by Gasteiger charge is 2.11. The van der Waals surface area contributed by atoms with Crippen LogP contribution in [0.5, 0.6) is 34.5 Å². The molecule has 0 radical (unpaired) electrons. The molecule has 10 aromatic rings. The molecule has 0 aliphatic heterocycles. The van der Waals surface area contributed by atoms with Crippen molar-refractivity contribution in [1.82, 2.24) is 29.9 Å². The molecule has 0 unspecified atom stereocenters. The van der Waals surface area contributed by atoms with Gasteiger partial charge in [0.15, 0.2) is 34.5 Å². The van der Waals surface area contributed by atoms with Crippen LogP contribution in [0.2, 0.25) is 0 Å². The first-order valence-electron chi connectivity index (χ1n) is 23.3. The molecule has 0 atom stereocenters. The SMILES string of the molecule is CCOc1cc2[nH]cc3ccc(c[nH]c4cc(OCC)c(OCC)cc4[nH]cc4ccc(c[nH]c5cc(OCC)c(OCC)cc5[nH]cc5ccc(c[nH]c2cc1OCC)c(=O)c5=O)c(=O)c4=O)c(=O)c3=O. The molecular formula is C54H54N6O12. The Morgan fingerprint density at radius 1 is 0.264 bits per heavy atom. The van der Waals surface area contributed by atoms with Gasteiger partial charge in [0.25, 0.3) is 0 Å². The van der Waals surface area contributed by atoms with Crippen molar-refractivity contribution in [3.05, 3.63) is 171 Å². The van der Waals surface area contributed by atoms with Crippen molar-refractivity contribution in [1.29, 1.82) is 0 Å². The van der Waals surface area contributed by atoms with E-state index in [4.69, 9.17) is 28.4 Å². The average Bonchev–Trinajstić information content (AvgIpc) is 3.37. The van der Waals surface area contributed by atoms with Gasteiger partial charge in [-0.25, -0.2) is 0 Å². The minimum absolute atomic E-state index is 0.0329. The van der Waals surface area contributed by atoms with Crippen LogP contribution in [0.25, 0.3) is 65.4 Å². The van der Waals surface area contributed by atoms with Crippen molar-refractivity contribution in [2.45, 2.75) is 41.5 Å². The molecular weight excluding hydrogens is 925 g/mol. The van der Waals surface area contributed by atoms with E-state index >= 15 is 0 Å². The first kappa shape index (κ1) is 50.8. The summed E-state index contributed by atoms with van der Waals surface area (Å²) in [5, 5.41) is 0.198. The molecule has 18 nitrogen and oxygen atoms in total. The number of nitrogens with one attached hydrogen (secondary N) is 6. The summed E-state index contributed by atoms with van der Waals surface area (Å²) in [6.45, 7) is 12.7. The Balaban J connectivity index is 1.60. The molecule has 6 bridgehead atoms. The van der Waals surface area contributed by atoms with Crippen LogP contribution in [0.15, 0.2) is 139 Å². The molecule has 0 spiro atoms. The molecule has 4 heterocycles. The lowest BCUT2D eigenvalue weighted by molar-refractivity contribution is 0.288. The minimum atomic E-state index is -0.811. The number of hydrogen-bond donors (Lipinski definition) is 6. The third-order valence-corrected chi connectivity index (χ3v) is 10.9. The lowest BCUT2D eigenvalue weighted by Crippen LogP contribution is -2.22. The Morgan fingerprint density at radius 2 is 0.403 bits per heavy atom. The van der Waals surface area contributed by atoms with Crippen molar-refractivity contribution in [2.75, 3.05) is 39.6 Å². The van der Waals surface area contributed by atoms with Gasteiger partial charge in [0, 0.05) is 106 Å². The van der Waals surface area contributed by atoms with Crippen molar-refractivity contribution >= 4 is 65.4 Å². The summed E-state index contributed by atoms with van der Waals surface area (Å²) in [6, 6.07) is 18.7. The van der Waals surface area contributed by atoms with Gasteiger partial charge >= 0.3 is 0 Å². The van der Waals surface area contributed by atoms with Crippen LogP contribution in [-0.4, -0.2) is 69.5 Å². The highest BCUT2D eigenvalue weighted by atomic mass is 16.5. The van der Waals surface area contributed by atoms with E-state index < -0.39 is 32.6 Å². The second-order valence-electron chi connectivity index (χ2n) is 15.6. The van der Waals surface area contributed by atoms with Gasteiger partial charge in [-0.05, 0) is 77.9 Å². The van der Waals surface area contributed by atoms with Gasteiger partial charge in [-0.2, -0.15) is 0 Å². The third-order valence-electron chi connectivity index (χ3n) is 10.9. The molecule has 0 amide bonds. The number of aromatic nitrogens is 6. The maximum atomic E-state index is 13.6. The van der Waals surface area contributed by atoms with Crippen molar-refractivity contribution in [3.8, 4) is 34.5 Å². The monoisotopic (exact) mass is 978 g/mol. The summed E-state index contributed by atoms with van der Waals surface area (Å²) < 4.78 is 35.2. The van der Waals surface area contributed by atoms with E-state index in [0.29, 0.717) is 107 Å². The molecule has 0 saturated carbocycles. The zero-order valence-corrected chi connectivity index (χ0v) is 40.5. The summed E-state index contributed by atoms with van der Waals surface area (Å²) in [5.41, 5.74) is -2.63. The smallest absolute Gasteiger partial charge is 0.235 e. The van der Waals surface area contributed by atoms with E-state index in [1.807, 2.05) is 41.5 Å². The quantitative estimate of drug-likeness (QED) is 0.0634. The van der Waals surface area contributed by atoms with E-state index in [1.54, 1.807) is 36.4 Å². The topological polar surface area (TPSA) is 253 Å². The predicted molar refractivity (Wildman–Crippen MR) is 282 cm³/mol. The Labute approximate surface area is 409 Å². The summed E-state index contributed by atoms with van der Waals surface area (Å²) in [4.78, 5) is 100. The summed E-state index contributed by atoms with van der Waals surface area (Å²) in [6.07, 6.45) is 8.21. The van der Waals surface area contributed by atoms with Gasteiger partial charge in [0.1, 0.15) is 0 Å². The molecule has 4 aromatic heterocycles. The van der Waals surface area contributed by atoms with E-state index in [2.05, 4.69) is 29.9 Å². The van der Waals surface area contributed by atoms with Crippen LogP contribution in [0, 0.1) is 0 Å². The number of hydrogen-bond acceptors (Lipinski definition) is 12. The molecule has 10 rings (SSSR count). The number of fused-ring (bicyclic) bond motifs is 3. The first-order chi connectivity index (χ1) is 34.9. The van der Waals surface area contributed by atoms with Crippen LogP contribution in [0.1, 0.15) is 41.5 Å². The highest BCUT2D eigenvalue weighted by Crippen LogP contribution is 2.33. The molecule has 6 aromatic carbocycles. The second kappa shape index (κ2) is 23.5. The van der Waals surface area contributed by atoms with Crippen molar-refractivity contribution < 1.29 is 28.4 Å². The molecule has 0 aliphatic rings. The number of rotatable bonds is 12. The Kier molecular flexibility index (Phi) is 16.6. The maximum absolute atomic E-state index is 13.6. The lowest BCUT2D eigenvalue weighted by Gasteiger charge is -2.11. The zero-order chi connectivity index (χ0) is 51.3. The molecule has 6 N–H and O–H groups in total. The molecule has 0 fully saturated rings. The van der Waals surface area contributed by atoms with E-state index in [1.165, 1.54) is 73.6 Å². The summed E-state index contributed by atoms with van der Waals surface area (Å²) in [5.74, 6) is 2.29. The molecule has 0 saturated heterocycles. The third kappa shape index (κ3) is 11.5. The standard InChI is InChI=1S/C54H54N6O12/c1-7-67-43-19-37-38(20-44(43)68-8-2)56-26-32-15-16-34(52(64)50(32)62)28-58-41-23-47(71-11-5)48(72-12-6)24-42(41)60-30-36-18-17-35(53(65)54(36)66)29-59-40-22-46(70-10-4)45(69-9-3)21-39(40)57-27-33-14-13-31(25-55-37)49(61)51(33)63/h13-30,55-60H,7-12H2,1-6H3. The van der Waals surface area contributed by atoms with Crippen LogP contribution < -0.4 is 61.0 Å². The molecule has 72 heavy (non-hydrogen) atoms. The highest BCUT2D eigenvalue weighted by molar-refractivity contribution is 5.81. The molecule has 18 heteroatoms. The molecule has 372 valence electrons. The number of ether oxygens (including phenoxy) is 6. The largest absolute Gasteiger partial charge is 0.490 e. The fourth-order valence-corrected chi connectivity index (χ4v) is 7.40. The Morgan fingerprint density at radius 3 is 0.528 bits per heavy atom. The first-order valence-corrected chi connectivity index (χ1v) is 23.3. The zero-order valence-electron chi connectivity index (χ0n) is 40.5. The van der Waals surface area contributed by atoms with E-state index in [-0.39, 0.29) is 32.3 Å². The Hall–Kier alpha value is -9.06. The maximum Gasteiger partial charge on any atom is 0.235 e. The fourth-order valence-electron chi connectivity index (χ4n) is 7.40. The van der Waals surface area contributed by atoms with Crippen molar-refractivity contribution in [3.63, 3.8) is 0 Å². The van der Waals surface area contributed by atoms with Crippen LogP contribution in [-0.2, 0) is 0 Å².